The van der Waals surface area contributed by atoms with E-state index >= 15 is 0 Å². The summed E-state index contributed by atoms with van der Waals surface area (Å²) in [6.45, 7) is 2.79. The Balaban J connectivity index is 1.96. The highest BCUT2D eigenvalue weighted by atomic mass is 16.3. The average molecular weight is 220 g/mol. The average Bonchev–Trinajstić information content (AvgIpc) is 2.73. The molecule has 1 aliphatic heterocycles. The second-order valence-electron chi connectivity index (χ2n) is 4.45. The number of aliphatic hydroxyl groups excluding tert-OH is 1. The van der Waals surface area contributed by atoms with Gasteiger partial charge < -0.3 is 10.4 Å². The van der Waals surface area contributed by atoms with Gasteiger partial charge in [-0.15, -0.1) is 0 Å². The molecule has 0 spiro atoms. The maximum Gasteiger partial charge on any atom is 0.0679 e. The maximum atomic E-state index is 9.49. The summed E-state index contributed by atoms with van der Waals surface area (Å²) in [5, 5.41) is 12.8. The lowest BCUT2D eigenvalue weighted by molar-refractivity contribution is 0.173. The van der Waals surface area contributed by atoms with Gasteiger partial charge >= 0.3 is 0 Å². The number of nitrogens with one attached hydrogen (secondary N) is 1. The van der Waals surface area contributed by atoms with Gasteiger partial charge in [-0.1, -0.05) is 30.3 Å². The van der Waals surface area contributed by atoms with E-state index in [2.05, 4.69) is 34.5 Å². The van der Waals surface area contributed by atoms with E-state index in [1.54, 1.807) is 0 Å². The molecule has 16 heavy (non-hydrogen) atoms. The molecular formula is C13H20N2O. The van der Waals surface area contributed by atoms with E-state index in [4.69, 9.17) is 0 Å². The summed E-state index contributed by atoms with van der Waals surface area (Å²) in [6.07, 6.45) is 0.777. The fourth-order valence-electron chi connectivity index (χ4n) is 2.28. The molecular weight excluding hydrogens is 200 g/mol. The number of likely N-dealkylation sites (tertiary alicyclic amines) is 1. The van der Waals surface area contributed by atoms with Crippen molar-refractivity contribution in [2.24, 2.45) is 0 Å². The molecule has 0 aliphatic carbocycles. The number of hydrogen-bond donors (Lipinski definition) is 2. The Bertz CT molecular complexity index is 315. The van der Waals surface area contributed by atoms with E-state index < -0.39 is 0 Å². The predicted molar refractivity (Wildman–Crippen MR) is 65.3 cm³/mol. The number of aliphatic hydroxyl groups is 1. The third kappa shape index (κ3) is 2.82. The van der Waals surface area contributed by atoms with Crippen LogP contribution in [0.5, 0.6) is 0 Å². The van der Waals surface area contributed by atoms with Crippen LogP contribution in [0.1, 0.15) is 18.0 Å². The van der Waals surface area contributed by atoms with Crippen molar-refractivity contribution in [2.75, 3.05) is 26.7 Å². The van der Waals surface area contributed by atoms with Crippen LogP contribution in [0.15, 0.2) is 30.3 Å². The number of benzene rings is 1. The van der Waals surface area contributed by atoms with E-state index in [-0.39, 0.29) is 6.10 Å². The SMILES string of the molecule is CN[C@H](CN1CC[C@@H](O)C1)c1ccccc1. The van der Waals surface area contributed by atoms with Crippen LogP contribution in [0, 0.1) is 0 Å². The Hall–Kier alpha value is -0.900. The fraction of sp³-hybridized carbons (Fsp3) is 0.538. The van der Waals surface area contributed by atoms with Gasteiger partial charge in [0.05, 0.1) is 6.10 Å². The van der Waals surface area contributed by atoms with Crippen LogP contribution in [0.2, 0.25) is 0 Å². The summed E-state index contributed by atoms with van der Waals surface area (Å²) in [4.78, 5) is 2.32. The van der Waals surface area contributed by atoms with Crippen molar-refractivity contribution in [3.05, 3.63) is 35.9 Å². The third-order valence-corrected chi connectivity index (χ3v) is 3.24. The molecule has 1 aromatic rings. The molecule has 1 aromatic carbocycles. The molecule has 3 heteroatoms. The minimum Gasteiger partial charge on any atom is -0.392 e. The Morgan fingerprint density at radius 3 is 2.75 bits per heavy atom. The molecule has 0 aromatic heterocycles. The Kier molecular flexibility index (Phi) is 3.93. The van der Waals surface area contributed by atoms with Crippen molar-refractivity contribution < 1.29 is 5.11 Å². The van der Waals surface area contributed by atoms with Gasteiger partial charge in [0.2, 0.25) is 0 Å². The van der Waals surface area contributed by atoms with Crippen LogP contribution in [0.4, 0.5) is 0 Å². The highest BCUT2D eigenvalue weighted by molar-refractivity contribution is 5.19. The van der Waals surface area contributed by atoms with E-state index in [9.17, 15) is 5.11 Å². The van der Waals surface area contributed by atoms with Gasteiger partial charge in [-0.25, -0.2) is 0 Å². The summed E-state index contributed by atoms with van der Waals surface area (Å²) in [7, 11) is 1.99. The van der Waals surface area contributed by atoms with Crippen LogP contribution < -0.4 is 5.32 Å². The van der Waals surface area contributed by atoms with Crippen LogP contribution in [0.25, 0.3) is 0 Å². The van der Waals surface area contributed by atoms with Crippen molar-refractivity contribution in [3.63, 3.8) is 0 Å². The van der Waals surface area contributed by atoms with Crippen molar-refractivity contribution in [1.82, 2.24) is 10.2 Å². The van der Waals surface area contributed by atoms with Gasteiger partial charge in [-0.3, -0.25) is 4.90 Å². The minimum absolute atomic E-state index is 0.131. The smallest absolute Gasteiger partial charge is 0.0679 e. The normalized spacial score (nSPS) is 23.5. The highest BCUT2D eigenvalue weighted by Crippen LogP contribution is 2.17. The molecule has 1 heterocycles. The van der Waals surface area contributed by atoms with Gasteiger partial charge in [0.15, 0.2) is 0 Å². The Morgan fingerprint density at radius 1 is 1.44 bits per heavy atom. The second kappa shape index (κ2) is 5.43. The standard InChI is InChI=1S/C13H20N2O/c1-14-13(11-5-3-2-4-6-11)10-15-8-7-12(16)9-15/h2-6,12-14,16H,7-10H2,1H3/t12-,13-/m1/s1. The number of nitrogens with zero attached hydrogens (tertiary/aromatic N) is 1. The molecule has 0 radical (unpaired) electrons. The topological polar surface area (TPSA) is 35.5 Å². The second-order valence-corrected chi connectivity index (χ2v) is 4.45. The monoisotopic (exact) mass is 220 g/mol. The number of hydrogen-bond acceptors (Lipinski definition) is 3. The number of rotatable bonds is 4. The summed E-state index contributed by atoms with van der Waals surface area (Å²) in [5.74, 6) is 0. The zero-order valence-electron chi connectivity index (χ0n) is 9.76. The number of β-amino-alcohol motifs (C(OH)–C–C–N with tert-alkyl or cyclic N) is 1. The molecule has 1 saturated heterocycles. The van der Waals surface area contributed by atoms with E-state index in [0.717, 1.165) is 26.1 Å². The van der Waals surface area contributed by atoms with Crippen LogP contribution in [-0.4, -0.2) is 42.8 Å². The summed E-state index contributed by atoms with van der Waals surface area (Å²) >= 11 is 0. The van der Waals surface area contributed by atoms with E-state index in [1.165, 1.54) is 5.56 Å². The molecule has 1 aliphatic rings. The van der Waals surface area contributed by atoms with E-state index in [0.29, 0.717) is 6.04 Å². The molecule has 0 bridgehead atoms. The Labute approximate surface area is 97.1 Å². The van der Waals surface area contributed by atoms with Gasteiger partial charge in [-0.2, -0.15) is 0 Å². The molecule has 3 nitrogen and oxygen atoms in total. The Morgan fingerprint density at radius 2 is 2.19 bits per heavy atom. The first-order valence-electron chi connectivity index (χ1n) is 5.92. The predicted octanol–water partition coefficient (Wildman–Crippen LogP) is 1.01. The lowest BCUT2D eigenvalue weighted by Crippen LogP contribution is -2.32. The first-order chi connectivity index (χ1) is 7.79. The largest absolute Gasteiger partial charge is 0.392 e. The van der Waals surface area contributed by atoms with Crippen molar-refractivity contribution in [3.8, 4) is 0 Å². The van der Waals surface area contributed by atoms with Crippen molar-refractivity contribution >= 4 is 0 Å². The van der Waals surface area contributed by atoms with Crippen LogP contribution in [0.3, 0.4) is 0 Å². The lowest BCUT2D eigenvalue weighted by atomic mass is 10.1. The molecule has 2 N–H and O–H groups in total. The van der Waals surface area contributed by atoms with Crippen molar-refractivity contribution in [2.45, 2.75) is 18.6 Å². The summed E-state index contributed by atoms with van der Waals surface area (Å²) in [6, 6.07) is 10.8. The van der Waals surface area contributed by atoms with Crippen LogP contribution in [-0.2, 0) is 0 Å². The zero-order chi connectivity index (χ0) is 11.4. The summed E-state index contributed by atoms with van der Waals surface area (Å²) < 4.78 is 0. The van der Waals surface area contributed by atoms with Gasteiger partial charge in [0.1, 0.15) is 0 Å². The molecule has 0 unspecified atom stereocenters. The van der Waals surface area contributed by atoms with Gasteiger partial charge in [0.25, 0.3) is 0 Å². The van der Waals surface area contributed by atoms with Gasteiger partial charge in [0, 0.05) is 25.7 Å². The quantitative estimate of drug-likeness (QED) is 0.795. The van der Waals surface area contributed by atoms with Gasteiger partial charge in [-0.05, 0) is 19.0 Å². The molecule has 1 fully saturated rings. The van der Waals surface area contributed by atoms with Crippen LogP contribution >= 0.6 is 0 Å². The maximum absolute atomic E-state index is 9.49. The molecule has 0 saturated carbocycles. The third-order valence-electron chi connectivity index (χ3n) is 3.24. The molecule has 88 valence electrons. The molecule has 0 amide bonds. The van der Waals surface area contributed by atoms with Crippen molar-refractivity contribution in [1.29, 1.82) is 0 Å². The zero-order valence-corrected chi connectivity index (χ0v) is 9.76. The summed E-state index contributed by atoms with van der Waals surface area (Å²) in [5.41, 5.74) is 1.31. The molecule has 2 atom stereocenters. The van der Waals surface area contributed by atoms with E-state index in [1.807, 2.05) is 13.1 Å². The molecule has 2 rings (SSSR count). The first-order valence-corrected chi connectivity index (χ1v) is 5.92. The lowest BCUT2D eigenvalue weighted by Gasteiger charge is -2.23. The fourth-order valence-corrected chi connectivity index (χ4v) is 2.28. The minimum atomic E-state index is -0.131. The number of likely N-dealkylation sites (N-methyl/N-ethyl adjacent to an activating group) is 1. The first kappa shape index (κ1) is 11.6. The highest BCUT2D eigenvalue weighted by Gasteiger charge is 2.22.